The second kappa shape index (κ2) is 15.2. The molecule has 1 nitrogen and oxygen atoms in total. The van der Waals surface area contributed by atoms with E-state index in [0.29, 0.717) is 12.0 Å². The zero-order valence-corrected chi connectivity index (χ0v) is 18.6. The first kappa shape index (κ1) is 25.1. The first-order valence-electron chi connectivity index (χ1n) is 10.5. The molecule has 0 spiro atoms. The zero-order valence-electron chi connectivity index (χ0n) is 18.6. The number of allylic oxidation sites excluding steroid dienone is 4. The Labute approximate surface area is 169 Å². The van der Waals surface area contributed by atoms with Crippen molar-refractivity contribution in [3.8, 4) is 0 Å². The van der Waals surface area contributed by atoms with Crippen LogP contribution in [0.4, 0.5) is 0 Å². The van der Waals surface area contributed by atoms with Gasteiger partial charge >= 0.3 is 0 Å². The van der Waals surface area contributed by atoms with Gasteiger partial charge in [-0.05, 0) is 41.9 Å². The van der Waals surface area contributed by atoms with Gasteiger partial charge in [0.1, 0.15) is 0 Å². The number of hydrogen-bond donors (Lipinski definition) is 1. The van der Waals surface area contributed by atoms with Gasteiger partial charge in [-0.3, -0.25) is 0 Å². The SMILES string of the molecule is C=C/C=C(\C(C)CC)C1C=C(c2ccccc2)CN1.CC.CC=CC(C)C. The third-order valence-corrected chi connectivity index (χ3v) is 4.45. The van der Waals surface area contributed by atoms with Gasteiger partial charge in [0, 0.05) is 12.6 Å². The molecule has 0 saturated heterocycles. The minimum atomic E-state index is 0.350. The second-order valence-corrected chi connectivity index (χ2v) is 6.90. The van der Waals surface area contributed by atoms with Gasteiger partial charge in [0.15, 0.2) is 0 Å². The zero-order chi connectivity index (χ0) is 20.7. The van der Waals surface area contributed by atoms with Gasteiger partial charge < -0.3 is 5.32 Å². The van der Waals surface area contributed by atoms with Crippen molar-refractivity contribution in [3.05, 3.63) is 78.4 Å². The highest BCUT2D eigenvalue weighted by molar-refractivity contribution is 5.70. The first-order valence-corrected chi connectivity index (χ1v) is 10.5. The largest absolute Gasteiger partial charge is 0.303 e. The lowest BCUT2D eigenvalue weighted by molar-refractivity contribution is 0.585. The second-order valence-electron chi connectivity index (χ2n) is 6.90. The molecule has 1 aliphatic heterocycles. The van der Waals surface area contributed by atoms with E-state index in [2.05, 4.69) is 94.2 Å². The van der Waals surface area contributed by atoms with E-state index in [-0.39, 0.29) is 0 Å². The number of nitrogens with one attached hydrogen (secondary N) is 1. The van der Waals surface area contributed by atoms with Crippen LogP contribution in [0.1, 0.15) is 60.5 Å². The van der Waals surface area contributed by atoms with Crippen LogP contribution in [0.2, 0.25) is 0 Å². The average Bonchev–Trinajstić information content (AvgIpc) is 3.18. The summed E-state index contributed by atoms with van der Waals surface area (Å²) in [4.78, 5) is 0. The summed E-state index contributed by atoms with van der Waals surface area (Å²) in [6.45, 7) is 19.7. The summed E-state index contributed by atoms with van der Waals surface area (Å²) < 4.78 is 0. The maximum absolute atomic E-state index is 3.84. The van der Waals surface area contributed by atoms with Gasteiger partial charge in [0.2, 0.25) is 0 Å². The Kier molecular flexibility index (Phi) is 14.2. The Hall–Kier alpha value is -1.86. The minimum absolute atomic E-state index is 0.350. The summed E-state index contributed by atoms with van der Waals surface area (Å²) in [7, 11) is 0. The summed E-state index contributed by atoms with van der Waals surface area (Å²) in [5.41, 5.74) is 4.15. The van der Waals surface area contributed by atoms with Crippen LogP contribution in [0.3, 0.4) is 0 Å². The molecule has 0 aliphatic carbocycles. The fourth-order valence-electron chi connectivity index (χ4n) is 2.93. The van der Waals surface area contributed by atoms with E-state index in [4.69, 9.17) is 0 Å². The third-order valence-electron chi connectivity index (χ3n) is 4.45. The standard InChI is InChI=1S/C18H23N.C6H12.C2H6/c1-4-9-17(14(3)5-2)18-12-16(13-19-18)15-10-7-6-8-11-15;1-4-5-6(2)3;1-2/h4,6-12,14,18-19H,1,5,13H2,2-3H3;4-6H,1-3H3;1-2H3/b17-9+;;. The fourth-order valence-corrected chi connectivity index (χ4v) is 2.93. The van der Waals surface area contributed by atoms with Crippen LogP contribution >= 0.6 is 0 Å². The van der Waals surface area contributed by atoms with Crippen LogP contribution in [0.25, 0.3) is 5.57 Å². The van der Waals surface area contributed by atoms with Crippen molar-refractivity contribution in [1.29, 1.82) is 0 Å². The molecule has 0 radical (unpaired) electrons. The summed E-state index contributed by atoms with van der Waals surface area (Å²) in [6, 6.07) is 11.0. The lowest BCUT2D eigenvalue weighted by Gasteiger charge is -2.19. The van der Waals surface area contributed by atoms with Crippen LogP contribution in [-0.2, 0) is 0 Å². The lowest BCUT2D eigenvalue weighted by atomic mass is 9.91. The predicted octanol–water partition coefficient (Wildman–Crippen LogP) is 7.45. The maximum atomic E-state index is 3.84. The highest BCUT2D eigenvalue weighted by Crippen LogP contribution is 2.26. The Bertz CT molecular complexity index is 590. The fraction of sp³-hybridized carbons (Fsp3) is 0.462. The molecule has 1 aromatic carbocycles. The van der Waals surface area contributed by atoms with Crippen LogP contribution in [0.5, 0.6) is 0 Å². The Morgan fingerprint density at radius 3 is 2.26 bits per heavy atom. The van der Waals surface area contributed by atoms with E-state index < -0.39 is 0 Å². The monoisotopic (exact) mass is 367 g/mol. The van der Waals surface area contributed by atoms with Crippen LogP contribution in [-0.4, -0.2) is 12.6 Å². The molecule has 2 atom stereocenters. The predicted molar refractivity (Wildman–Crippen MR) is 125 cm³/mol. The number of benzene rings is 1. The molecule has 0 aromatic heterocycles. The molecule has 1 heteroatoms. The Morgan fingerprint density at radius 1 is 1.19 bits per heavy atom. The maximum Gasteiger partial charge on any atom is 0.0480 e. The van der Waals surface area contributed by atoms with E-state index in [1.54, 1.807) is 0 Å². The average molecular weight is 368 g/mol. The summed E-state index contributed by atoms with van der Waals surface area (Å²) in [5, 5.41) is 3.60. The summed E-state index contributed by atoms with van der Waals surface area (Å²) in [5.74, 6) is 1.30. The quantitative estimate of drug-likeness (QED) is 0.407. The molecule has 0 fully saturated rings. The van der Waals surface area contributed by atoms with Crippen molar-refractivity contribution in [2.75, 3.05) is 6.54 Å². The highest BCUT2D eigenvalue weighted by atomic mass is 14.9. The number of rotatable bonds is 6. The van der Waals surface area contributed by atoms with Gasteiger partial charge in [-0.2, -0.15) is 0 Å². The minimum Gasteiger partial charge on any atom is -0.303 e. The van der Waals surface area contributed by atoms with E-state index in [1.807, 2.05) is 26.8 Å². The van der Waals surface area contributed by atoms with Gasteiger partial charge in [0.25, 0.3) is 0 Å². The number of hydrogen-bond acceptors (Lipinski definition) is 1. The van der Waals surface area contributed by atoms with E-state index in [9.17, 15) is 0 Å². The molecule has 2 rings (SSSR count). The van der Waals surface area contributed by atoms with Crippen molar-refractivity contribution < 1.29 is 0 Å². The van der Waals surface area contributed by atoms with Crippen LogP contribution < -0.4 is 5.32 Å². The van der Waals surface area contributed by atoms with Gasteiger partial charge in [-0.15, -0.1) is 0 Å². The molecular weight excluding hydrogens is 326 g/mol. The smallest absolute Gasteiger partial charge is 0.0480 e. The van der Waals surface area contributed by atoms with Crippen molar-refractivity contribution >= 4 is 5.57 Å². The molecule has 0 bridgehead atoms. The van der Waals surface area contributed by atoms with Crippen molar-refractivity contribution in [3.63, 3.8) is 0 Å². The topological polar surface area (TPSA) is 12.0 Å². The molecule has 150 valence electrons. The van der Waals surface area contributed by atoms with Crippen molar-refractivity contribution in [1.82, 2.24) is 5.32 Å². The molecule has 1 aliphatic rings. The molecule has 0 saturated carbocycles. The lowest BCUT2D eigenvalue weighted by Crippen LogP contribution is -2.27. The molecule has 1 heterocycles. The molecular formula is C26H41N. The van der Waals surface area contributed by atoms with Crippen LogP contribution in [0.15, 0.2) is 72.9 Å². The normalized spacial score (nSPS) is 17.6. The van der Waals surface area contributed by atoms with Crippen molar-refractivity contribution in [2.24, 2.45) is 11.8 Å². The van der Waals surface area contributed by atoms with E-state index in [0.717, 1.165) is 18.9 Å². The van der Waals surface area contributed by atoms with Gasteiger partial charge in [-0.1, -0.05) is 109 Å². The van der Waals surface area contributed by atoms with E-state index >= 15 is 0 Å². The molecule has 1 N–H and O–H groups in total. The molecule has 2 unspecified atom stereocenters. The molecule has 27 heavy (non-hydrogen) atoms. The van der Waals surface area contributed by atoms with Crippen LogP contribution in [0, 0.1) is 11.8 Å². The Balaban J connectivity index is 0.000000722. The summed E-state index contributed by atoms with van der Waals surface area (Å²) in [6.07, 6.45) is 11.8. The van der Waals surface area contributed by atoms with Gasteiger partial charge in [0.05, 0.1) is 0 Å². The molecule has 1 aromatic rings. The molecule has 0 amide bonds. The Morgan fingerprint density at radius 2 is 1.81 bits per heavy atom. The van der Waals surface area contributed by atoms with Crippen molar-refractivity contribution in [2.45, 2.75) is 60.9 Å². The third kappa shape index (κ3) is 9.58. The first-order chi connectivity index (χ1) is 13.0. The van der Waals surface area contributed by atoms with Gasteiger partial charge in [-0.25, -0.2) is 0 Å². The summed E-state index contributed by atoms with van der Waals surface area (Å²) >= 11 is 0. The van der Waals surface area contributed by atoms with E-state index in [1.165, 1.54) is 16.7 Å². The highest BCUT2D eigenvalue weighted by Gasteiger charge is 2.21.